The van der Waals surface area contributed by atoms with Gasteiger partial charge in [-0.25, -0.2) is 10.3 Å². The summed E-state index contributed by atoms with van der Waals surface area (Å²) in [5, 5.41) is 5.52. The number of nitrogens with zero attached hydrogens (tertiary/aromatic N) is 1. The van der Waals surface area contributed by atoms with Crippen LogP contribution in [0.15, 0.2) is 24.3 Å². The molecule has 128 valence electrons. The van der Waals surface area contributed by atoms with Crippen molar-refractivity contribution < 1.29 is 35.4 Å². The van der Waals surface area contributed by atoms with Crippen LogP contribution in [0.4, 0.5) is 0 Å². The molecule has 6 nitrogen and oxygen atoms in total. The van der Waals surface area contributed by atoms with Crippen LogP contribution >= 0.6 is 0 Å². The van der Waals surface area contributed by atoms with Crippen LogP contribution in [-0.2, 0) is 42.0 Å². The maximum absolute atomic E-state index is 11.7. The Balaban J connectivity index is 0.00000208. The first-order chi connectivity index (χ1) is 11.3. The van der Waals surface area contributed by atoms with E-state index >= 15 is 0 Å². The number of fused-ring (bicyclic) bond motifs is 1. The smallest absolute Gasteiger partial charge is 0.660 e. The first-order valence-electron chi connectivity index (χ1n) is 7.99. The molecule has 0 spiro atoms. The van der Waals surface area contributed by atoms with Gasteiger partial charge in [0.2, 0.25) is 5.91 Å². The molecule has 1 amide bonds. The molecule has 1 aromatic carbocycles. The number of H-pyrrole nitrogens is 1. The predicted octanol–water partition coefficient (Wildman–Crippen LogP) is 2.80. The third-order valence-electron chi connectivity index (χ3n) is 3.81. The van der Waals surface area contributed by atoms with Gasteiger partial charge in [-0.15, -0.1) is 36.9 Å². The minimum atomic E-state index is -0.314. The van der Waals surface area contributed by atoms with Crippen LogP contribution in [0.25, 0.3) is 16.2 Å². The maximum Gasteiger partial charge on any atom is 2.00 e. The standard InChI is InChI=1S/C17H21N3O3.W/c21-16(20-23-17-7-3-4-10-22-17)8-9-18-11-13-12-19-15-6-2-1-5-14(13)15;/h1-2,5-6,17,19H,3-4,7-11H2,(H,20,21);/q-2;+2. The van der Waals surface area contributed by atoms with Gasteiger partial charge in [-0.1, -0.05) is 12.1 Å². The van der Waals surface area contributed by atoms with Gasteiger partial charge >= 0.3 is 21.1 Å². The molecule has 1 fully saturated rings. The van der Waals surface area contributed by atoms with Crippen LogP contribution in [0.3, 0.4) is 0 Å². The first-order valence-corrected chi connectivity index (χ1v) is 7.99. The van der Waals surface area contributed by atoms with Gasteiger partial charge in [0.15, 0.2) is 6.29 Å². The largest absolute Gasteiger partial charge is 2.00 e. The van der Waals surface area contributed by atoms with Gasteiger partial charge in [0, 0.05) is 19.4 Å². The van der Waals surface area contributed by atoms with E-state index in [9.17, 15) is 4.79 Å². The summed E-state index contributed by atoms with van der Waals surface area (Å²) in [7, 11) is 0. The Hall–Kier alpha value is -1.20. The number of hydroxylamine groups is 1. The van der Waals surface area contributed by atoms with Gasteiger partial charge in [0.1, 0.15) is 0 Å². The van der Waals surface area contributed by atoms with Crippen molar-refractivity contribution in [3.8, 4) is 0 Å². The molecule has 0 aliphatic carbocycles. The van der Waals surface area contributed by atoms with E-state index in [4.69, 9.17) is 9.57 Å². The molecule has 0 saturated carbocycles. The number of hydrogen-bond donors (Lipinski definition) is 2. The van der Waals surface area contributed by atoms with E-state index in [0.29, 0.717) is 26.1 Å². The van der Waals surface area contributed by atoms with E-state index in [1.165, 1.54) is 0 Å². The van der Waals surface area contributed by atoms with E-state index in [1.54, 1.807) is 0 Å². The molecule has 1 aliphatic rings. The average molecular weight is 499 g/mol. The normalized spacial score (nSPS) is 17.4. The number of benzene rings is 1. The number of para-hydroxylation sites is 1. The average Bonchev–Trinajstić information content (AvgIpc) is 3.01. The summed E-state index contributed by atoms with van der Waals surface area (Å²) in [5.41, 5.74) is 4.51. The molecule has 0 radical (unpaired) electrons. The molecular weight excluding hydrogens is 478 g/mol. The predicted molar refractivity (Wildman–Crippen MR) is 86.5 cm³/mol. The monoisotopic (exact) mass is 499 g/mol. The van der Waals surface area contributed by atoms with Gasteiger partial charge in [-0.2, -0.15) is 10.9 Å². The van der Waals surface area contributed by atoms with E-state index in [-0.39, 0.29) is 33.3 Å². The van der Waals surface area contributed by atoms with Crippen LogP contribution in [0.1, 0.15) is 31.2 Å². The van der Waals surface area contributed by atoms with Crippen molar-refractivity contribution >= 4 is 16.8 Å². The van der Waals surface area contributed by atoms with Crippen molar-refractivity contribution in [2.75, 3.05) is 13.2 Å². The van der Waals surface area contributed by atoms with Crippen LogP contribution in [0.5, 0.6) is 0 Å². The number of carbonyl (C=O) groups is 1. The molecular formula is C17H21N3O3W. The number of amides is 1. The van der Waals surface area contributed by atoms with E-state index in [0.717, 1.165) is 35.7 Å². The van der Waals surface area contributed by atoms with Crippen LogP contribution in [0, 0.1) is 6.20 Å². The van der Waals surface area contributed by atoms with Crippen molar-refractivity contribution in [1.82, 2.24) is 10.5 Å². The first kappa shape index (κ1) is 19.1. The van der Waals surface area contributed by atoms with Crippen LogP contribution in [-0.4, -0.2) is 30.3 Å². The fraction of sp³-hybridized carbons (Fsp3) is 0.471. The minimum Gasteiger partial charge on any atom is -0.660 e. The number of ether oxygens (including phenoxy) is 1. The molecule has 1 saturated heterocycles. The Morgan fingerprint density at radius 1 is 1.42 bits per heavy atom. The van der Waals surface area contributed by atoms with E-state index < -0.39 is 0 Å². The number of aromatic amines is 1. The minimum absolute atomic E-state index is 0. The Kier molecular flexibility index (Phi) is 7.92. The number of nitrogens with one attached hydrogen (secondary N) is 2. The Labute approximate surface area is 155 Å². The molecule has 2 N–H and O–H groups in total. The Morgan fingerprint density at radius 3 is 3.12 bits per heavy atom. The zero-order valence-corrected chi connectivity index (χ0v) is 16.4. The third kappa shape index (κ3) is 5.42. The van der Waals surface area contributed by atoms with E-state index in [1.807, 2.05) is 24.3 Å². The SMILES string of the molecule is O=C(CC[N-]Cc1[c-][nH]c2ccccc12)NOC1CCCCO1.[W+2]. The van der Waals surface area contributed by atoms with Crippen LogP contribution < -0.4 is 5.48 Å². The number of rotatable bonds is 7. The van der Waals surface area contributed by atoms with Crippen molar-refractivity contribution in [2.24, 2.45) is 0 Å². The summed E-state index contributed by atoms with van der Waals surface area (Å²) in [4.78, 5) is 20.0. The molecule has 0 bridgehead atoms. The van der Waals surface area contributed by atoms with Gasteiger partial charge in [-0.05, 0) is 12.8 Å². The van der Waals surface area contributed by atoms with Crippen molar-refractivity contribution in [1.29, 1.82) is 0 Å². The second kappa shape index (κ2) is 9.94. The van der Waals surface area contributed by atoms with E-state index in [2.05, 4.69) is 22.0 Å². The fourth-order valence-electron chi connectivity index (χ4n) is 2.55. The molecule has 7 heteroatoms. The Morgan fingerprint density at radius 2 is 2.29 bits per heavy atom. The van der Waals surface area contributed by atoms with Crippen molar-refractivity contribution in [3.05, 3.63) is 41.3 Å². The summed E-state index contributed by atoms with van der Waals surface area (Å²) in [6.45, 7) is 1.69. The van der Waals surface area contributed by atoms with Gasteiger partial charge in [0.25, 0.3) is 0 Å². The number of carbonyl (C=O) groups excluding carboxylic acids is 1. The second-order valence-corrected chi connectivity index (χ2v) is 5.57. The summed E-state index contributed by atoms with van der Waals surface area (Å²) >= 11 is 0. The summed E-state index contributed by atoms with van der Waals surface area (Å²) in [6, 6.07) is 8.02. The molecule has 3 rings (SSSR count). The summed E-state index contributed by atoms with van der Waals surface area (Å²) in [6.07, 6.45) is 6.04. The second-order valence-electron chi connectivity index (χ2n) is 5.57. The van der Waals surface area contributed by atoms with Crippen molar-refractivity contribution in [2.45, 2.75) is 38.5 Å². The zero-order chi connectivity index (χ0) is 15.9. The Bertz CT molecular complexity index is 641. The molecule has 1 atom stereocenters. The quantitative estimate of drug-likeness (QED) is 0.350. The maximum atomic E-state index is 11.7. The molecule has 1 unspecified atom stereocenters. The molecule has 24 heavy (non-hydrogen) atoms. The number of hydrogen-bond acceptors (Lipinski definition) is 3. The third-order valence-corrected chi connectivity index (χ3v) is 3.81. The molecule has 1 aliphatic heterocycles. The zero-order valence-electron chi connectivity index (χ0n) is 13.4. The van der Waals surface area contributed by atoms with Gasteiger partial charge < -0.3 is 15.0 Å². The van der Waals surface area contributed by atoms with Gasteiger partial charge in [0.05, 0.1) is 0 Å². The molecule has 2 heterocycles. The summed E-state index contributed by atoms with van der Waals surface area (Å²) in [5.74, 6) is -0.175. The number of aromatic nitrogens is 1. The van der Waals surface area contributed by atoms with Crippen LogP contribution in [0.2, 0.25) is 0 Å². The molecule has 1 aromatic heterocycles. The topological polar surface area (TPSA) is 77.5 Å². The molecule has 2 aromatic rings. The summed E-state index contributed by atoms with van der Waals surface area (Å²) < 4.78 is 5.38. The van der Waals surface area contributed by atoms with Crippen molar-refractivity contribution in [3.63, 3.8) is 0 Å². The fourth-order valence-corrected chi connectivity index (χ4v) is 2.55. The van der Waals surface area contributed by atoms with Gasteiger partial charge in [-0.3, -0.25) is 4.79 Å².